The fourth-order valence-electron chi connectivity index (χ4n) is 3.92. The van der Waals surface area contributed by atoms with E-state index >= 15 is 0 Å². The van der Waals surface area contributed by atoms with Crippen molar-refractivity contribution in [1.29, 1.82) is 0 Å². The van der Waals surface area contributed by atoms with Crippen molar-refractivity contribution >= 4 is 58.5 Å². The van der Waals surface area contributed by atoms with Gasteiger partial charge in [-0.15, -0.1) is 11.8 Å². The summed E-state index contributed by atoms with van der Waals surface area (Å²) in [5.74, 6) is -0.258. The van der Waals surface area contributed by atoms with E-state index in [2.05, 4.69) is 16.0 Å². The number of thioether (sulfide) groups is 1. The van der Waals surface area contributed by atoms with Crippen LogP contribution >= 0.6 is 23.4 Å². The van der Waals surface area contributed by atoms with Gasteiger partial charge >= 0.3 is 0 Å². The Labute approximate surface area is 259 Å². The normalized spacial score (nSPS) is 11.7. The van der Waals surface area contributed by atoms with Crippen molar-refractivity contribution in [1.82, 2.24) is 5.32 Å². The number of rotatable bonds is 11. The highest BCUT2D eigenvalue weighted by molar-refractivity contribution is 8.00. The molecule has 0 saturated heterocycles. The number of carbonyl (C=O) groups is 3. The van der Waals surface area contributed by atoms with Crippen molar-refractivity contribution in [3.8, 4) is 11.5 Å². The lowest BCUT2D eigenvalue weighted by Gasteiger charge is -2.16. The van der Waals surface area contributed by atoms with Gasteiger partial charge in [0.1, 0.15) is 17.2 Å². The van der Waals surface area contributed by atoms with Gasteiger partial charge in [-0.25, -0.2) is 0 Å². The van der Waals surface area contributed by atoms with E-state index < -0.39 is 17.1 Å². The predicted octanol–water partition coefficient (Wildman–Crippen LogP) is 6.89. The summed E-state index contributed by atoms with van der Waals surface area (Å²) in [6.45, 7) is 1.78. The highest BCUT2D eigenvalue weighted by atomic mass is 35.5. The Morgan fingerprint density at radius 1 is 0.814 bits per heavy atom. The molecule has 0 spiro atoms. The minimum Gasteiger partial charge on any atom is -0.495 e. The van der Waals surface area contributed by atoms with E-state index in [-0.39, 0.29) is 11.6 Å². The molecule has 0 bridgehead atoms. The molecule has 220 valence electrons. The molecule has 4 aromatic rings. The summed E-state index contributed by atoms with van der Waals surface area (Å²) in [6, 6.07) is 28.2. The van der Waals surface area contributed by atoms with Gasteiger partial charge < -0.3 is 25.4 Å². The van der Waals surface area contributed by atoms with Gasteiger partial charge in [0.05, 0.1) is 30.2 Å². The minimum absolute atomic E-state index is 0.0952. The molecule has 0 fully saturated rings. The second-order valence-electron chi connectivity index (χ2n) is 9.20. The maximum atomic E-state index is 13.2. The lowest BCUT2D eigenvalue weighted by molar-refractivity contribution is -0.115. The molecule has 10 heteroatoms. The Hall–Kier alpha value is -4.73. The first-order chi connectivity index (χ1) is 20.8. The second-order valence-corrected chi connectivity index (χ2v) is 11.0. The van der Waals surface area contributed by atoms with Gasteiger partial charge in [0, 0.05) is 22.2 Å². The van der Waals surface area contributed by atoms with Crippen LogP contribution in [-0.2, 0) is 9.59 Å². The minimum atomic E-state index is -0.478. The summed E-state index contributed by atoms with van der Waals surface area (Å²) in [6.07, 6.45) is 1.62. The average molecular weight is 616 g/mol. The molecule has 3 amide bonds. The second kappa shape index (κ2) is 14.9. The zero-order chi connectivity index (χ0) is 30.8. The Balaban J connectivity index is 1.41. The van der Waals surface area contributed by atoms with E-state index in [1.54, 1.807) is 73.7 Å². The molecule has 1 atom stereocenters. The van der Waals surface area contributed by atoms with E-state index in [1.807, 2.05) is 36.4 Å². The number of ether oxygens (including phenoxy) is 2. The predicted molar refractivity (Wildman–Crippen MR) is 172 cm³/mol. The number of hydrogen-bond acceptors (Lipinski definition) is 6. The number of anilines is 2. The van der Waals surface area contributed by atoms with Crippen LogP contribution in [0, 0.1) is 0 Å². The molecular weight excluding hydrogens is 586 g/mol. The standard InChI is InChI=1S/C33H30ClN3O5S/c1-21(31(38)36-27-19-26(34)29(41-2)20-30(27)42-3)43-25-16-14-24(15-17-25)35-33(40)28(18-22-10-6-4-7-11-22)37-32(39)23-12-8-5-9-13-23/h4-21H,1-3H3,(H,35,40)(H,36,38)(H,37,39)/b28-18-. The van der Waals surface area contributed by atoms with Crippen LogP contribution in [-0.4, -0.2) is 37.2 Å². The van der Waals surface area contributed by atoms with Gasteiger partial charge in [-0.2, -0.15) is 0 Å². The molecule has 1 unspecified atom stereocenters. The summed E-state index contributed by atoms with van der Waals surface area (Å²) < 4.78 is 10.6. The van der Waals surface area contributed by atoms with Gasteiger partial charge in [-0.3, -0.25) is 14.4 Å². The highest BCUT2D eigenvalue weighted by Crippen LogP contribution is 2.36. The quantitative estimate of drug-likeness (QED) is 0.125. The maximum Gasteiger partial charge on any atom is 0.272 e. The van der Waals surface area contributed by atoms with E-state index in [4.69, 9.17) is 21.1 Å². The van der Waals surface area contributed by atoms with Gasteiger partial charge in [-0.05, 0) is 61.0 Å². The van der Waals surface area contributed by atoms with Crippen molar-refractivity contribution in [3.05, 3.63) is 119 Å². The fraction of sp³-hybridized carbons (Fsp3) is 0.121. The number of carbonyl (C=O) groups excluding carboxylic acids is 3. The Morgan fingerprint density at radius 3 is 2.07 bits per heavy atom. The Bertz CT molecular complexity index is 1610. The zero-order valence-corrected chi connectivity index (χ0v) is 25.3. The number of benzene rings is 4. The summed E-state index contributed by atoms with van der Waals surface area (Å²) in [5, 5.41) is 8.30. The lowest BCUT2D eigenvalue weighted by atomic mass is 10.1. The summed E-state index contributed by atoms with van der Waals surface area (Å²) >= 11 is 7.57. The molecule has 0 aliphatic rings. The average Bonchev–Trinajstić information content (AvgIpc) is 3.02. The van der Waals surface area contributed by atoms with Crippen molar-refractivity contribution in [2.24, 2.45) is 0 Å². The first kappa shape index (κ1) is 31.2. The van der Waals surface area contributed by atoms with Gasteiger partial charge in [0.2, 0.25) is 5.91 Å². The fourth-order valence-corrected chi connectivity index (χ4v) is 5.03. The molecule has 4 rings (SSSR count). The van der Waals surface area contributed by atoms with Crippen LogP contribution in [0.5, 0.6) is 11.5 Å². The smallest absolute Gasteiger partial charge is 0.272 e. The Morgan fingerprint density at radius 2 is 1.44 bits per heavy atom. The first-order valence-electron chi connectivity index (χ1n) is 13.2. The van der Waals surface area contributed by atoms with Gasteiger partial charge in [0.15, 0.2) is 0 Å². The van der Waals surface area contributed by atoms with Crippen LogP contribution in [0.2, 0.25) is 5.02 Å². The molecular formula is C33H30ClN3O5S. The zero-order valence-electron chi connectivity index (χ0n) is 23.7. The number of nitrogens with one attached hydrogen (secondary N) is 3. The number of halogens is 1. The van der Waals surface area contributed by atoms with Crippen LogP contribution in [0.4, 0.5) is 11.4 Å². The summed E-state index contributed by atoms with van der Waals surface area (Å²) in [7, 11) is 2.99. The molecule has 4 aromatic carbocycles. The van der Waals surface area contributed by atoms with Crippen molar-refractivity contribution in [2.75, 3.05) is 24.9 Å². The van der Waals surface area contributed by atoms with Crippen molar-refractivity contribution in [3.63, 3.8) is 0 Å². The summed E-state index contributed by atoms with van der Waals surface area (Å²) in [5.41, 5.74) is 2.24. The van der Waals surface area contributed by atoms with E-state index in [9.17, 15) is 14.4 Å². The summed E-state index contributed by atoms with van der Waals surface area (Å²) in [4.78, 5) is 39.8. The molecule has 8 nitrogen and oxygen atoms in total. The third-order valence-corrected chi connectivity index (χ3v) is 7.57. The molecule has 0 aromatic heterocycles. The topological polar surface area (TPSA) is 106 Å². The van der Waals surface area contributed by atoms with Crippen molar-refractivity contribution in [2.45, 2.75) is 17.1 Å². The lowest BCUT2D eigenvalue weighted by Crippen LogP contribution is -2.30. The maximum absolute atomic E-state index is 13.2. The SMILES string of the molecule is COc1cc(OC)c(NC(=O)C(C)Sc2ccc(NC(=O)/C(=C/c3ccccc3)NC(=O)c3ccccc3)cc2)cc1Cl. The van der Waals surface area contributed by atoms with Crippen LogP contribution in [0.1, 0.15) is 22.8 Å². The van der Waals surface area contributed by atoms with Gasteiger partial charge in [0.25, 0.3) is 11.8 Å². The van der Waals surface area contributed by atoms with Crippen LogP contribution < -0.4 is 25.4 Å². The molecule has 0 saturated carbocycles. The van der Waals surface area contributed by atoms with Crippen LogP contribution in [0.15, 0.2) is 108 Å². The number of hydrogen-bond donors (Lipinski definition) is 3. The first-order valence-corrected chi connectivity index (χ1v) is 14.5. The van der Waals surface area contributed by atoms with Gasteiger partial charge in [-0.1, -0.05) is 60.1 Å². The molecule has 0 aliphatic heterocycles. The third-order valence-electron chi connectivity index (χ3n) is 6.17. The molecule has 3 N–H and O–H groups in total. The third kappa shape index (κ3) is 8.64. The van der Waals surface area contributed by atoms with Crippen molar-refractivity contribution < 1.29 is 23.9 Å². The highest BCUT2D eigenvalue weighted by Gasteiger charge is 2.19. The molecule has 0 radical (unpaired) electrons. The van der Waals surface area contributed by atoms with E-state index in [1.165, 1.54) is 26.0 Å². The van der Waals surface area contributed by atoms with Crippen LogP contribution in [0.3, 0.4) is 0 Å². The molecule has 43 heavy (non-hydrogen) atoms. The largest absolute Gasteiger partial charge is 0.495 e. The Kier molecular flexibility index (Phi) is 10.9. The number of methoxy groups -OCH3 is 2. The van der Waals surface area contributed by atoms with Crippen LogP contribution in [0.25, 0.3) is 6.08 Å². The number of amides is 3. The molecule has 0 aliphatic carbocycles. The molecule has 0 heterocycles. The van der Waals surface area contributed by atoms with E-state index in [0.717, 1.165) is 10.5 Å². The monoisotopic (exact) mass is 615 g/mol. The van der Waals surface area contributed by atoms with E-state index in [0.29, 0.717) is 33.5 Å².